The molecule has 5 heteroatoms. The number of rotatable bonds is 8. The number of hydrogen-bond acceptors (Lipinski definition) is 3. The van der Waals surface area contributed by atoms with Crippen LogP contribution >= 0.6 is 0 Å². The van der Waals surface area contributed by atoms with E-state index in [0.29, 0.717) is 25.5 Å². The van der Waals surface area contributed by atoms with E-state index in [-0.39, 0.29) is 11.8 Å². The summed E-state index contributed by atoms with van der Waals surface area (Å²) >= 11 is 0. The Bertz CT molecular complexity index is 298. The van der Waals surface area contributed by atoms with Crippen LogP contribution in [0.4, 0.5) is 0 Å². The average Bonchev–Trinajstić information content (AvgIpc) is 3.00. The Morgan fingerprint density at radius 2 is 2.06 bits per heavy atom. The van der Waals surface area contributed by atoms with Crippen molar-refractivity contribution in [2.24, 2.45) is 5.92 Å². The van der Waals surface area contributed by atoms with Crippen LogP contribution in [0.5, 0.6) is 0 Å². The Hall–Kier alpha value is -0.130. The molecule has 1 rings (SSSR count). The normalized spacial score (nSPS) is 19.0. The first-order valence-electron chi connectivity index (χ1n) is 6.01. The molecule has 0 spiro atoms. The largest absolute Gasteiger partial charge is 0.383 e. The summed E-state index contributed by atoms with van der Waals surface area (Å²) in [6.07, 6.45) is 2.99. The molecule has 1 aliphatic rings. The Labute approximate surface area is 99.0 Å². The summed E-state index contributed by atoms with van der Waals surface area (Å²) in [7, 11) is -1.49. The third kappa shape index (κ3) is 3.71. The van der Waals surface area contributed by atoms with Gasteiger partial charge in [-0.3, -0.25) is 0 Å². The van der Waals surface area contributed by atoms with E-state index >= 15 is 0 Å². The molecule has 0 amide bonds. The van der Waals surface area contributed by atoms with Gasteiger partial charge in [-0.1, -0.05) is 6.92 Å². The quantitative estimate of drug-likeness (QED) is 0.654. The summed E-state index contributed by atoms with van der Waals surface area (Å²) < 4.78 is 30.8. The Balaban J connectivity index is 2.68. The molecule has 1 atom stereocenters. The lowest BCUT2D eigenvalue weighted by Crippen LogP contribution is -2.43. The highest BCUT2D eigenvalue weighted by atomic mass is 32.2. The molecule has 0 heterocycles. The number of ether oxygens (including phenoxy) is 1. The van der Waals surface area contributed by atoms with Gasteiger partial charge in [-0.05, 0) is 32.1 Å². The third-order valence-electron chi connectivity index (χ3n) is 3.09. The summed E-state index contributed by atoms with van der Waals surface area (Å²) in [5.74, 6) is 0.803. The monoisotopic (exact) mass is 249 g/mol. The van der Waals surface area contributed by atoms with Crippen LogP contribution in [0, 0.1) is 5.92 Å². The minimum atomic E-state index is -3.10. The molecule has 0 aromatic carbocycles. The molecule has 0 saturated heterocycles. The van der Waals surface area contributed by atoms with Crippen LogP contribution in [0.3, 0.4) is 0 Å². The molecule has 1 fully saturated rings. The van der Waals surface area contributed by atoms with E-state index in [1.165, 1.54) is 0 Å². The summed E-state index contributed by atoms with van der Waals surface area (Å²) in [6.45, 7) is 4.87. The van der Waals surface area contributed by atoms with Gasteiger partial charge < -0.3 is 4.74 Å². The van der Waals surface area contributed by atoms with Gasteiger partial charge in [0.2, 0.25) is 10.0 Å². The topological polar surface area (TPSA) is 46.6 Å². The fourth-order valence-electron chi connectivity index (χ4n) is 1.97. The van der Waals surface area contributed by atoms with Gasteiger partial charge in [-0.15, -0.1) is 0 Å². The van der Waals surface area contributed by atoms with Gasteiger partial charge >= 0.3 is 0 Å². The zero-order valence-electron chi connectivity index (χ0n) is 10.5. The lowest BCUT2D eigenvalue weighted by Gasteiger charge is -2.28. The summed E-state index contributed by atoms with van der Waals surface area (Å²) in [5, 5.41) is 0. The van der Waals surface area contributed by atoms with Crippen LogP contribution in [-0.4, -0.2) is 44.8 Å². The number of hydrogen-bond donors (Lipinski definition) is 0. The predicted octanol–water partition coefficient (Wildman–Crippen LogP) is 1.47. The van der Waals surface area contributed by atoms with Crippen molar-refractivity contribution in [2.45, 2.75) is 39.2 Å². The lowest BCUT2D eigenvalue weighted by molar-refractivity contribution is 0.164. The van der Waals surface area contributed by atoms with E-state index in [1.807, 2.05) is 13.8 Å². The van der Waals surface area contributed by atoms with E-state index < -0.39 is 10.0 Å². The van der Waals surface area contributed by atoms with E-state index in [9.17, 15) is 8.42 Å². The molecule has 96 valence electrons. The molecular formula is C11H23NO3S. The van der Waals surface area contributed by atoms with Crippen LogP contribution < -0.4 is 0 Å². The maximum absolute atomic E-state index is 12.1. The SMILES string of the molecule is CCCS(=O)(=O)N(CCOC)C(C)C1CC1. The highest BCUT2D eigenvalue weighted by molar-refractivity contribution is 7.89. The first kappa shape index (κ1) is 13.9. The molecule has 4 nitrogen and oxygen atoms in total. The van der Waals surface area contributed by atoms with Gasteiger partial charge in [0.1, 0.15) is 0 Å². The highest BCUT2D eigenvalue weighted by Gasteiger charge is 2.36. The van der Waals surface area contributed by atoms with Crippen LogP contribution in [-0.2, 0) is 14.8 Å². The van der Waals surface area contributed by atoms with Gasteiger partial charge in [-0.25, -0.2) is 8.42 Å². The highest BCUT2D eigenvalue weighted by Crippen LogP contribution is 2.36. The zero-order chi connectivity index (χ0) is 12.2. The van der Waals surface area contributed by atoms with E-state index in [0.717, 1.165) is 12.8 Å². The standard InChI is InChI=1S/C11H23NO3S/c1-4-9-16(13,14)12(7-8-15-3)10(2)11-5-6-11/h10-11H,4-9H2,1-3H3. The van der Waals surface area contributed by atoms with Crippen molar-refractivity contribution in [3.05, 3.63) is 0 Å². The lowest BCUT2D eigenvalue weighted by atomic mass is 10.2. The molecule has 0 aliphatic heterocycles. The second-order valence-corrected chi connectivity index (χ2v) is 6.54. The fourth-order valence-corrected chi connectivity index (χ4v) is 3.75. The molecule has 1 aliphatic carbocycles. The second kappa shape index (κ2) is 5.98. The van der Waals surface area contributed by atoms with Crippen molar-refractivity contribution in [3.8, 4) is 0 Å². The smallest absolute Gasteiger partial charge is 0.214 e. The first-order valence-corrected chi connectivity index (χ1v) is 7.62. The van der Waals surface area contributed by atoms with Crippen molar-refractivity contribution in [3.63, 3.8) is 0 Å². The molecule has 0 radical (unpaired) electrons. The van der Waals surface area contributed by atoms with Gasteiger partial charge in [0, 0.05) is 19.7 Å². The summed E-state index contributed by atoms with van der Waals surface area (Å²) in [5.41, 5.74) is 0. The van der Waals surface area contributed by atoms with Crippen molar-refractivity contribution in [2.75, 3.05) is 26.0 Å². The minimum absolute atomic E-state index is 0.131. The van der Waals surface area contributed by atoms with Crippen molar-refractivity contribution >= 4 is 10.0 Å². The molecule has 0 bridgehead atoms. The molecular weight excluding hydrogens is 226 g/mol. The Morgan fingerprint density at radius 1 is 1.44 bits per heavy atom. The summed E-state index contributed by atoms with van der Waals surface area (Å²) in [4.78, 5) is 0. The minimum Gasteiger partial charge on any atom is -0.383 e. The fraction of sp³-hybridized carbons (Fsp3) is 1.00. The second-order valence-electron chi connectivity index (χ2n) is 4.50. The maximum Gasteiger partial charge on any atom is 0.214 e. The van der Waals surface area contributed by atoms with Gasteiger partial charge in [0.25, 0.3) is 0 Å². The average molecular weight is 249 g/mol. The van der Waals surface area contributed by atoms with Crippen LogP contribution in [0.15, 0.2) is 0 Å². The molecule has 0 aromatic rings. The number of sulfonamides is 1. The van der Waals surface area contributed by atoms with Crippen LogP contribution in [0.25, 0.3) is 0 Å². The third-order valence-corrected chi connectivity index (χ3v) is 5.25. The molecule has 0 aromatic heterocycles. The Kier molecular flexibility index (Phi) is 5.21. The molecule has 16 heavy (non-hydrogen) atoms. The number of methoxy groups -OCH3 is 1. The van der Waals surface area contributed by atoms with E-state index in [2.05, 4.69) is 0 Å². The maximum atomic E-state index is 12.1. The van der Waals surface area contributed by atoms with Crippen LogP contribution in [0.1, 0.15) is 33.1 Å². The Morgan fingerprint density at radius 3 is 2.50 bits per heavy atom. The van der Waals surface area contributed by atoms with E-state index in [1.54, 1.807) is 11.4 Å². The predicted molar refractivity (Wildman–Crippen MR) is 64.8 cm³/mol. The van der Waals surface area contributed by atoms with Gasteiger partial charge in [0.05, 0.1) is 12.4 Å². The molecule has 1 unspecified atom stereocenters. The summed E-state index contributed by atoms with van der Waals surface area (Å²) in [6, 6.07) is 0.131. The number of nitrogens with zero attached hydrogens (tertiary/aromatic N) is 1. The first-order chi connectivity index (χ1) is 7.53. The van der Waals surface area contributed by atoms with Gasteiger partial charge in [-0.2, -0.15) is 4.31 Å². The van der Waals surface area contributed by atoms with Crippen molar-refractivity contribution in [1.82, 2.24) is 4.31 Å². The van der Waals surface area contributed by atoms with Crippen molar-refractivity contribution < 1.29 is 13.2 Å². The van der Waals surface area contributed by atoms with Crippen LogP contribution in [0.2, 0.25) is 0 Å². The van der Waals surface area contributed by atoms with E-state index in [4.69, 9.17) is 4.74 Å². The zero-order valence-corrected chi connectivity index (χ0v) is 11.3. The molecule has 0 N–H and O–H groups in total. The van der Waals surface area contributed by atoms with Gasteiger partial charge in [0.15, 0.2) is 0 Å². The molecule has 1 saturated carbocycles. The van der Waals surface area contributed by atoms with Crippen molar-refractivity contribution in [1.29, 1.82) is 0 Å².